The summed E-state index contributed by atoms with van der Waals surface area (Å²) < 4.78 is 36.9. The van der Waals surface area contributed by atoms with Crippen LogP contribution in [0.4, 0.5) is 13.2 Å². The van der Waals surface area contributed by atoms with E-state index in [0.717, 1.165) is 0 Å². The predicted molar refractivity (Wildman–Crippen MR) is 54.1 cm³/mol. The highest BCUT2D eigenvalue weighted by Crippen LogP contribution is 2.35. The van der Waals surface area contributed by atoms with Crippen molar-refractivity contribution in [1.82, 2.24) is 5.32 Å². The monoisotopic (exact) mass is 254 g/mol. The lowest BCUT2D eigenvalue weighted by atomic mass is 9.86. The fourth-order valence-electron chi connectivity index (χ4n) is 1.60. The Labute approximate surface area is 93.6 Å². The summed E-state index contributed by atoms with van der Waals surface area (Å²) in [5.74, 6) is -1.65. The van der Waals surface area contributed by atoms with Crippen molar-refractivity contribution >= 4 is 24.8 Å². The zero-order chi connectivity index (χ0) is 9.19. The number of alkyl halides is 3. The van der Waals surface area contributed by atoms with Crippen LogP contribution in [0.2, 0.25) is 0 Å². The van der Waals surface area contributed by atoms with Crippen LogP contribution in [0, 0.1) is 11.8 Å². The van der Waals surface area contributed by atoms with Crippen LogP contribution in [0.5, 0.6) is 0 Å². The van der Waals surface area contributed by atoms with Gasteiger partial charge in [-0.3, -0.25) is 0 Å². The second kappa shape index (κ2) is 6.71. The van der Waals surface area contributed by atoms with Crippen LogP contribution in [0.3, 0.4) is 0 Å². The van der Waals surface area contributed by atoms with Crippen LogP contribution in [-0.4, -0.2) is 25.8 Å². The van der Waals surface area contributed by atoms with Crippen molar-refractivity contribution < 1.29 is 13.2 Å². The summed E-state index contributed by atoms with van der Waals surface area (Å²) in [6, 6.07) is 0. The van der Waals surface area contributed by atoms with Crippen molar-refractivity contribution in [3.8, 4) is 0 Å². The third-order valence-electron chi connectivity index (χ3n) is 2.33. The highest BCUT2D eigenvalue weighted by atomic mass is 35.5. The van der Waals surface area contributed by atoms with Gasteiger partial charge < -0.3 is 11.1 Å². The van der Waals surface area contributed by atoms with Crippen LogP contribution in [0.15, 0.2) is 0 Å². The van der Waals surface area contributed by atoms with E-state index in [1.165, 1.54) is 0 Å². The summed E-state index contributed by atoms with van der Waals surface area (Å²) in [6.45, 7) is 0.943. The minimum absolute atomic E-state index is 0. The predicted octanol–water partition coefficient (Wildman–Crippen LogP) is 1.58. The van der Waals surface area contributed by atoms with Crippen LogP contribution < -0.4 is 11.1 Å². The largest absolute Gasteiger partial charge is 0.392 e. The van der Waals surface area contributed by atoms with E-state index in [1.54, 1.807) is 0 Å². The van der Waals surface area contributed by atoms with Crippen molar-refractivity contribution in [3.05, 3.63) is 0 Å². The molecule has 3 N–H and O–H groups in total. The standard InChI is InChI=1S/C7H13F3N2.2ClH/c8-7(9,10)6-1-2-12-4-5(6)3-11;;/h5-6,12H,1-4,11H2;2*1H. The summed E-state index contributed by atoms with van der Waals surface area (Å²) in [6.07, 6.45) is -3.92. The topological polar surface area (TPSA) is 38.0 Å². The lowest BCUT2D eigenvalue weighted by Gasteiger charge is -2.32. The molecule has 0 aromatic rings. The van der Waals surface area contributed by atoms with Gasteiger partial charge in [-0.2, -0.15) is 13.2 Å². The fourth-order valence-corrected chi connectivity index (χ4v) is 1.60. The molecule has 0 amide bonds. The highest BCUT2D eigenvalue weighted by molar-refractivity contribution is 5.85. The highest BCUT2D eigenvalue weighted by Gasteiger charge is 2.44. The summed E-state index contributed by atoms with van der Waals surface area (Å²) in [7, 11) is 0. The first-order valence-corrected chi connectivity index (χ1v) is 4.03. The maximum Gasteiger partial charge on any atom is 0.392 e. The maximum absolute atomic E-state index is 12.3. The number of piperidine rings is 1. The molecule has 88 valence electrons. The van der Waals surface area contributed by atoms with Gasteiger partial charge in [-0.25, -0.2) is 0 Å². The molecule has 2 unspecified atom stereocenters. The Morgan fingerprint density at radius 1 is 1.29 bits per heavy atom. The quantitative estimate of drug-likeness (QED) is 0.746. The molecule has 1 saturated heterocycles. The van der Waals surface area contributed by atoms with E-state index in [1.807, 2.05) is 0 Å². The summed E-state index contributed by atoms with van der Waals surface area (Å²) >= 11 is 0. The molecule has 1 rings (SSSR count). The Hall–Kier alpha value is 0.290. The van der Waals surface area contributed by atoms with Gasteiger partial charge in [-0.15, -0.1) is 24.8 Å². The zero-order valence-corrected chi connectivity index (χ0v) is 9.14. The Balaban J connectivity index is 0. The average molecular weight is 255 g/mol. The molecule has 0 aromatic carbocycles. The van der Waals surface area contributed by atoms with E-state index in [0.29, 0.717) is 13.1 Å². The van der Waals surface area contributed by atoms with Gasteiger partial charge in [0.15, 0.2) is 0 Å². The summed E-state index contributed by atoms with van der Waals surface area (Å²) in [5.41, 5.74) is 5.25. The van der Waals surface area contributed by atoms with Gasteiger partial charge in [-0.05, 0) is 32.0 Å². The van der Waals surface area contributed by atoms with Crippen molar-refractivity contribution in [2.75, 3.05) is 19.6 Å². The Morgan fingerprint density at radius 2 is 1.86 bits per heavy atom. The third kappa shape index (κ3) is 4.21. The Bertz CT molecular complexity index is 154. The molecule has 7 heteroatoms. The smallest absolute Gasteiger partial charge is 0.330 e. The first kappa shape index (κ1) is 16.7. The van der Waals surface area contributed by atoms with E-state index < -0.39 is 18.0 Å². The van der Waals surface area contributed by atoms with Gasteiger partial charge in [-0.1, -0.05) is 0 Å². The van der Waals surface area contributed by atoms with Crippen molar-refractivity contribution in [1.29, 1.82) is 0 Å². The van der Waals surface area contributed by atoms with Crippen molar-refractivity contribution in [2.45, 2.75) is 12.6 Å². The lowest BCUT2D eigenvalue weighted by molar-refractivity contribution is -0.192. The molecule has 2 nitrogen and oxygen atoms in total. The number of nitrogens with two attached hydrogens (primary N) is 1. The van der Waals surface area contributed by atoms with E-state index in [2.05, 4.69) is 5.32 Å². The molecule has 1 aliphatic heterocycles. The second-order valence-corrected chi connectivity index (χ2v) is 3.14. The molecular weight excluding hydrogens is 240 g/mol. The van der Waals surface area contributed by atoms with E-state index >= 15 is 0 Å². The van der Waals surface area contributed by atoms with E-state index in [4.69, 9.17) is 5.73 Å². The number of hydrogen-bond acceptors (Lipinski definition) is 2. The van der Waals surface area contributed by atoms with Crippen LogP contribution in [0.25, 0.3) is 0 Å². The number of halogens is 5. The molecule has 0 aromatic heterocycles. The first-order valence-electron chi connectivity index (χ1n) is 4.03. The molecule has 2 atom stereocenters. The van der Waals surface area contributed by atoms with Gasteiger partial charge in [0.1, 0.15) is 0 Å². The zero-order valence-electron chi connectivity index (χ0n) is 7.51. The SMILES string of the molecule is Cl.Cl.NCC1CNCCC1C(F)(F)F. The number of hydrogen-bond donors (Lipinski definition) is 2. The molecule has 1 heterocycles. The van der Waals surface area contributed by atoms with Crippen LogP contribution in [-0.2, 0) is 0 Å². The van der Waals surface area contributed by atoms with E-state index in [9.17, 15) is 13.2 Å². The molecule has 0 saturated carbocycles. The van der Waals surface area contributed by atoms with Crippen LogP contribution >= 0.6 is 24.8 Å². The normalized spacial score (nSPS) is 27.4. The van der Waals surface area contributed by atoms with Crippen molar-refractivity contribution in [3.63, 3.8) is 0 Å². The molecule has 0 bridgehead atoms. The fraction of sp³-hybridized carbons (Fsp3) is 1.00. The summed E-state index contributed by atoms with van der Waals surface area (Å²) in [5, 5.41) is 2.91. The minimum Gasteiger partial charge on any atom is -0.330 e. The Morgan fingerprint density at radius 3 is 2.21 bits per heavy atom. The molecule has 14 heavy (non-hydrogen) atoms. The minimum atomic E-state index is -4.08. The van der Waals surface area contributed by atoms with Gasteiger partial charge in [0.25, 0.3) is 0 Å². The van der Waals surface area contributed by atoms with Crippen molar-refractivity contribution in [2.24, 2.45) is 17.6 Å². The number of rotatable bonds is 1. The Kier molecular flexibility index (Phi) is 8.01. The average Bonchev–Trinajstić information content (AvgIpc) is 2.03. The molecule has 0 aliphatic carbocycles. The molecule has 1 fully saturated rings. The first-order chi connectivity index (χ1) is 5.55. The van der Waals surface area contributed by atoms with Gasteiger partial charge >= 0.3 is 6.18 Å². The second-order valence-electron chi connectivity index (χ2n) is 3.14. The van der Waals surface area contributed by atoms with Gasteiger partial charge in [0.2, 0.25) is 0 Å². The molecular formula is C7H15Cl2F3N2. The van der Waals surface area contributed by atoms with Crippen LogP contribution in [0.1, 0.15) is 6.42 Å². The lowest BCUT2D eigenvalue weighted by Crippen LogP contribution is -2.46. The molecule has 0 spiro atoms. The van der Waals surface area contributed by atoms with Gasteiger partial charge in [0.05, 0.1) is 5.92 Å². The molecule has 0 radical (unpaired) electrons. The summed E-state index contributed by atoms with van der Waals surface area (Å²) in [4.78, 5) is 0. The van der Waals surface area contributed by atoms with Gasteiger partial charge in [0, 0.05) is 0 Å². The third-order valence-corrected chi connectivity index (χ3v) is 2.33. The maximum atomic E-state index is 12.3. The number of nitrogens with one attached hydrogen (secondary N) is 1. The molecule has 1 aliphatic rings. The van der Waals surface area contributed by atoms with E-state index in [-0.39, 0.29) is 37.8 Å².